The molecule has 0 heterocycles. The topological polar surface area (TPSA) is 101 Å². The summed E-state index contributed by atoms with van der Waals surface area (Å²) >= 11 is 0. The number of nitrogens with zero attached hydrogens (tertiary/aromatic N) is 2. The van der Waals surface area contributed by atoms with Crippen LogP contribution < -0.4 is 0 Å². The van der Waals surface area contributed by atoms with Gasteiger partial charge in [0.25, 0.3) is 6.04 Å². The third-order valence-electron chi connectivity index (χ3n) is 2.30. The predicted molar refractivity (Wildman–Crippen MR) is 57.5 cm³/mol. The van der Waals surface area contributed by atoms with Gasteiger partial charge in [-0.15, -0.1) is 0 Å². The number of carboxylic acid groups (broad SMARTS) is 1. The van der Waals surface area contributed by atoms with Crippen LogP contribution in [0.4, 0.5) is 0 Å². The minimum absolute atomic E-state index is 0.0386. The van der Waals surface area contributed by atoms with Gasteiger partial charge in [0, 0.05) is 19.0 Å². The van der Waals surface area contributed by atoms with Crippen molar-refractivity contribution in [2.24, 2.45) is 0 Å². The lowest BCUT2D eigenvalue weighted by Crippen LogP contribution is -2.35. The number of carboxylic acids is 1. The van der Waals surface area contributed by atoms with E-state index in [1.54, 1.807) is 0 Å². The molecule has 0 spiro atoms. The van der Waals surface area contributed by atoms with Crippen LogP contribution in [0.2, 0.25) is 0 Å². The third kappa shape index (κ3) is 2.24. The van der Waals surface area contributed by atoms with E-state index < -0.39 is 16.9 Å². The Morgan fingerprint density at radius 3 is 2.47 bits per heavy atom. The second-order valence-electron chi connectivity index (χ2n) is 3.58. The zero-order valence-electron chi connectivity index (χ0n) is 9.21. The fourth-order valence-corrected chi connectivity index (χ4v) is 1.61. The van der Waals surface area contributed by atoms with E-state index in [0.29, 0.717) is 0 Å². The molecule has 17 heavy (non-hydrogen) atoms. The molecule has 1 aliphatic carbocycles. The summed E-state index contributed by atoms with van der Waals surface area (Å²) in [4.78, 5) is 33.1. The summed E-state index contributed by atoms with van der Waals surface area (Å²) in [5, 5.41) is 19.9. The minimum atomic E-state index is -1.49. The van der Waals surface area contributed by atoms with Crippen molar-refractivity contribution in [3.63, 3.8) is 0 Å². The van der Waals surface area contributed by atoms with E-state index in [2.05, 4.69) is 0 Å². The molecule has 90 valence electrons. The second-order valence-corrected chi connectivity index (χ2v) is 3.58. The normalized spacial score (nSPS) is 18.9. The molecule has 0 aliphatic heterocycles. The molecule has 1 unspecified atom stereocenters. The highest BCUT2D eigenvalue weighted by atomic mass is 16.6. The Labute approximate surface area is 96.5 Å². The summed E-state index contributed by atoms with van der Waals surface area (Å²) in [5.74, 6) is 0.188. The van der Waals surface area contributed by atoms with Crippen LogP contribution in [-0.4, -0.2) is 47.0 Å². The van der Waals surface area contributed by atoms with Gasteiger partial charge in [-0.05, 0) is 12.2 Å². The maximum Gasteiger partial charge on any atom is 0.337 e. The van der Waals surface area contributed by atoms with Gasteiger partial charge >= 0.3 is 5.97 Å². The van der Waals surface area contributed by atoms with Gasteiger partial charge < -0.3 is 10.0 Å². The van der Waals surface area contributed by atoms with Crippen LogP contribution >= 0.6 is 0 Å². The third-order valence-corrected chi connectivity index (χ3v) is 2.30. The highest BCUT2D eigenvalue weighted by Gasteiger charge is 2.37. The van der Waals surface area contributed by atoms with Crippen LogP contribution in [0.1, 0.15) is 0 Å². The van der Waals surface area contributed by atoms with E-state index in [9.17, 15) is 19.7 Å². The molecule has 1 N–H and O–H groups in total. The van der Waals surface area contributed by atoms with Gasteiger partial charge in [0.15, 0.2) is 0 Å². The molecule has 0 aromatic rings. The van der Waals surface area contributed by atoms with Crippen molar-refractivity contribution in [3.05, 3.63) is 39.1 Å². The fraction of sp³-hybridized carbons (Fsp3) is 0.300. The smallest absolute Gasteiger partial charge is 0.337 e. The lowest BCUT2D eigenvalue weighted by molar-refractivity contribution is -0.503. The average molecular weight is 238 g/mol. The van der Waals surface area contributed by atoms with Crippen molar-refractivity contribution in [2.75, 3.05) is 14.1 Å². The molecule has 0 radical (unpaired) electrons. The van der Waals surface area contributed by atoms with Crippen LogP contribution in [0.5, 0.6) is 0 Å². The first-order chi connectivity index (χ1) is 7.90. The first-order valence-corrected chi connectivity index (χ1v) is 4.61. The lowest BCUT2D eigenvalue weighted by atomic mass is 9.94. The lowest BCUT2D eigenvalue weighted by Gasteiger charge is -2.24. The quantitative estimate of drug-likeness (QED) is 0.417. The molecule has 0 bridgehead atoms. The second kappa shape index (κ2) is 4.63. The number of rotatable bonds is 3. The zero-order valence-corrected chi connectivity index (χ0v) is 9.21. The highest BCUT2D eigenvalue weighted by molar-refractivity contribution is 5.92. The largest absolute Gasteiger partial charge is 0.478 e. The van der Waals surface area contributed by atoms with E-state index in [1.807, 2.05) is 0 Å². The summed E-state index contributed by atoms with van der Waals surface area (Å²) in [7, 11) is 2.96. The fourth-order valence-electron chi connectivity index (χ4n) is 1.61. The van der Waals surface area contributed by atoms with E-state index in [1.165, 1.54) is 24.9 Å². The highest BCUT2D eigenvalue weighted by Crippen LogP contribution is 2.26. The summed E-state index contributed by atoms with van der Waals surface area (Å²) in [6, 6.07) is -1.49. The van der Waals surface area contributed by atoms with Gasteiger partial charge in [0.2, 0.25) is 0 Å². The summed E-state index contributed by atoms with van der Waals surface area (Å²) in [5.41, 5.74) is -0.428. The molecule has 1 aliphatic rings. The molecule has 0 fully saturated rings. The van der Waals surface area contributed by atoms with Gasteiger partial charge in [0.1, 0.15) is 17.2 Å². The number of aliphatic carboxylic acids is 1. The van der Waals surface area contributed by atoms with Crippen molar-refractivity contribution in [1.29, 1.82) is 0 Å². The first-order valence-electron chi connectivity index (χ1n) is 4.61. The molecule has 0 saturated carbocycles. The zero-order chi connectivity index (χ0) is 13.2. The molecule has 0 amide bonds. The predicted octanol–water partition coefficient (Wildman–Crippen LogP) is -0.140. The van der Waals surface area contributed by atoms with Crippen LogP contribution in [-0.2, 0) is 9.59 Å². The van der Waals surface area contributed by atoms with Crippen LogP contribution in [0.15, 0.2) is 29.0 Å². The Bertz CT molecular complexity index is 483. The number of hydrogen-bond donors (Lipinski definition) is 1. The van der Waals surface area contributed by atoms with Gasteiger partial charge in [-0.25, -0.2) is 9.59 Å². The summed E-state index contributed by atoms with van der Waals surface area (Å²) in [6.45, 7) is 0. The number of hydrogen-bond acceptors (Lipinski definition) is 5. The van der Waals surface area contributed by atoms with Crippen molar-refractivity contribution in [1.82, 2.24) is 4.90 Å². The van der Waals surface area contributed by atoms with Gasteiger partial charge in [-0.3, -0.25) is 10.1 Å². The Morgan fingerprint density at radius 2 is 2.12 bits per heavy atom. The average Bonchev–Trinajstić information content (AvgIpc) is 2.26. The number of carbonyl (C=O) groups excluding carboxylic acids is 1. The van der Waals surface area contributed by atoms with Gasteiger partial charge in [0.05, 0.1) is 5.57 Å². The molecular weight excluding hydrogens is 228 g/mol. The number of carbonyl (C=O) groups is 1. The van der Waals surface area contributed by atoms with Crippen molar-refractivity contribution < 1.29 is 19.6 Å². The standard InChI is InChI=1S/C10H10N2O5/c1-11(2)9-7(10(14)15)4-3-6(5-13)8(9)12(16)17/h3-4,8H,1-2H3,(H,14,15). The Hall–Kier alpha value is -2.40. The Balaban J connectivity index is 3.49. The van der Waals surface area contributed by atoms with Crippen LogP contribution in [0.3, 0.4) is 0 Å². The molecule has 1 atom stereocenters. The van der Waals surface area contributed by atoms with E-state index >= 15 is 0 Å². The minimum Gasteiger partial charge on any atom is -0.478 e. The molecule has 1 rings (SSSR count). The molecule has 0 aromatic carbocycles. The monoisotopic (exact) mass is 238 g/mol. The first kappa shape index (κ1) is 12.7. The van der Waals surface area contributed by atoms with Crippen molar-refractivity contribution >= 4 is 11.9 Å². The maximum absolute atomic E-state index is 11.0. The maximum atomic E-state index is 11.0. The summed E-state index contributed by atoms with van der Waals surface area (Å²) < 4.78 is 0. The summed E-state index contributed by atoms with van der Waals surface area (Å²) in [6.07, 6.45) is 2.27. The molecule has 7 nitrogen and oxygen atoms in total. The van der Waals surface area contributed by atoms with Crippen LogP contribution in [0.25, 0.3) is 0 Å². The molecule has 0 saturated heterocycles. The number of likely N-dealkylation sites (N-methyl/N-ethyl adjacent to an activating group) is 1. The number of nitro groups is 1. The molecule has 0 aromatic heterocycles. The van der Waals surface area contributed by atoms with E-state index in [-0.39, 0.29) is 16.8 Å². The Kier molecular flexibility index (Phi) is 3.45. The van der Waals surface area contributed by atoms with E-state index in [0.717, 1.165) is 12.2 Å². The Morgan fingerprint density at radius 1 is 1.53 bits per heavy atom. The van der Waals surface area contributed by atoms with Crippen molar-refractivity contribution in [3.8, 4) is 0 Å². The molecule has 7 heteroatoms. The van der Waals surface area contributed by atoms with E-state index in [4.69, 9.17) is 5.11 Å². The van der Waals surface area contributed by atoms with Gasteiger partial charge in [-0.1, -0.05) is 0 Å². The SMILES string of the molecule is CN(C)C1=C(C(=O)O)C=CC(=C=O)C1[N+](=O)[O-]. The molecular formula is C10H10N2O5. The van der Waals surface area contributed by atoms with Gasteiger partial charge in [-0.2, -0.15) is 0 Å². The van der Waals surface area contributed by atoms with Crippen LogP contribution in [0, 0.1) is 10.1 Å². The van der Waals surface area contributed by atoms with Crippen molar-refractivity contribution in [2.45, 2.75) is 6.04 Å².